The zero-order valence-corrected chi connectivity index (χ0v) is 13.7. The van der Waals surface area contributed by atoms with E-state index in [1.54, 1.807) is 11.3 Å². The molecular formula is C21H14N2S. The summed E-state index contributed by atoms with van der Waals surface area (Å²) in [6.07, 6.45) is 4.11. The van der Waals surface area contributed by atoms with Gasteiger partial charge in [0.1, 0.15) is 0 Å². The lowest BCUT2D eigenvalue weighted by Crippen LogP contribution is -1.91. The minimum atomic E-state index is 1.04. The third kappa shape index (κ3) is 1.99. The van der Waals surface area contributed by atoms with Gasteiger partial charge in [-0.15, -0.1) is 11.3 Å². The number of allylic oxidation sites excluding steroid dienone is 1. The Morgan fingerprint density at radius 3 is 2.71 bits per heavy atom. The normalized spacial score (nSPS) is 15.0. The van der Waals surface area contributed by atoms with Gasteiger partial charge in [-0.2, -0.15) is 0 Å². The molecule has 0 unspecified atom stereocenters. The van der Waals surface area contributed by atoms with Crippen LogP contribution < -0.4 is 0 Å². The van der Waals surface area contributed by atoms with Crippen molar-refractivity contribution in [1.29, 1.82) is 0 Å². The first-order valence-electron chi connectivity index (χ1n) is 7.90. The Balaban J connectivity index is 1.86. The van der Waals surface area contributed by atoms with Gasteiger partial charge in [-0.05, 0) is 23.6 Å². The van der Waals surface area contributed by atoms with Gasteiger partial charge in [0, 0.05) is 50.5 Å². The lowest BCUT2D eigenvalue weighted by atomic mass is 9.94. The fourth-order valence-corrected chi connectivity index (χ4v) is 4.13. The van der Waals surface area contributed by atoms with E-state index in [4.69, 9.17) is 0 Å². The van der Waals surface area contributed by atoms with E-state index in [9.17, 15) is 0 Å². The molecule has 24 heavy (non-hydrogen) atoms. The van der Waals surface area contributed by atoms with Crippen LogP contribution in [0.1, 0.15) is 16.0 Å². The molecule has 0 fully saturated rings. The molecule has 4 aromatic rings. The lowest BCUT2D eigenvalue weighted by molar-refractivity contribution is 1.46. The molecule has 0 bridgehead atoms. The smallest absolute Gasteiger partial charge is 0.0709 e. The van der Waals surface area contributed by atoms with Gasteiger partial charge in [-0.25, -0.2) is 0 Å². The maximum absolute atomic E-state index is 4.61. The van der Waals surface area contributed by atoms with Gasteiger partial charge in [0.2, 0.25) is 0 Å². The van der Waals surface area contributed by atoms with E-state index in [2.05, 4.69) is 76.2 Å². The fraction of sp³-hybridized carbons (Fsp3) is 0. The number of H-pyrrole nitrogens is 1. The van der Waals surface area contributed by atoms with Crippen LogP contribution in [0.2, 0.25) is 0 Å². The minimum Gasteiger partial charge on any atom is -0.361 e. The highest BCUT2D eigenvalue weighted by Crippen LogP contribution is 2.41. The van der Waals surface area contributed by atoms with Gasteiger partial charge in [0.25, 0.3) is 0 Å². The average Bonchev–Trinajstić information content (AvgIpc) is 3.36. The number of fused-ring (bicyclic) bond motifs is 2. The topological polar surface area (TPSA) is 28.1 Å². The molecule has 0 saturated carbocycles. The fourth-order valence-electron chi connectivity index (χ4n) is 3.33. The van der Waals surface area contributed by atoms with Crippen molar-refractivity contribution in [2.75, 3.05) is 0 Å². The number of hydrogen-bond donors (Lipinski definition) is 1. The molecule has 1 N–H and O–H groups in total. The van der Waals surface area contributed by atoms with Gasteiger partial charge < -0.3 is 4.98 Å². The number of para-hydroxylation sites is 2. The zero-order valence-electron chi connectivity index (χ0n) is 12.9. The first kappa shape index (κ1) is 13.5. The van der Waals surface area contributed by atoms with E-state index < -0.39 is 0 Å². The standard InChI is InChI=1S/C21H14N2S/c1-3-8-18-14(6-1)16(12-22-18)21(20-10-5-11-24-20)17-13-23-19-9-4-2-7-15(17)19/h1-13,22H/b21-17-. The molecule has 1 aliphatic heterocycles. The van der Waals surface area contributed by atoms with Crippen molar-refractivity contribution in [2.45, 2.75) is 0 Å². The van der Waals surface area contributed by atoms with Crippen molar-refractivity contribution < 1.29 is 0 Å². The molecule has 0 radical (unpaired) electrons. The Morgan fingerprint density at radius 1 is 0.917 bits per heavy atom. The molecule has 2 aromatic heterocycles. The van der Waals surface area contributed by atoms with E-state index in [1.807, 2.05) is 12.3 Å². The molecule has 1 aliphatic rings. The number of aliphatic imine (C=N–C) groups is 1. The second kappa shape index (κ2) is 5.32. The second-order valence-corrected chi connectivity index (χ2v) is 6.74. The van der Waals surface area contributed by atoms with Gasteiger partial charge in [-0.1, -0.05) is 42.5 Å². The SMILES string of the molecule is C1=Nc2ccccc2/C1=C(\c1cccs1)c1c[nH]c2ccccc12. The van der Waals surface area contributed by atoms with Gasteiger partial charge in [0.05, 0.1) is 5.69 Å². The Hall–Kier alpha value is -2.91. The summed E-state index contributed by atoms with van der Waals surface area (Å²) in [5.41, 5.74) is 7.07. The molecule has 3 heterocycles. The highest BCUT2D eigenvalue weighted by atomic mass is 32.1. The predicted octanol–water partition coefficient (Wildman–Crippen LogP) is 5.90. The van der Waals surface area contributed by atoms with Crippen LogP contribution in [0.3, 0.4) is 0 Å². The molecule has 114 valence electrons. The Kier molecular flexibility index (Phi) is 3.00. The summed E-state index contributed by atoms with van der Waals surface area (Å²) in [7, 11) is 0. The number of hydrogen-bond acceptors (Lipinski definition) is 2. The third-order valence-electron chi connectivity index (χ3n) is 4.42. The molecule has 0 spiro atoms. The summed E-state index contributed by atoms with van der Waals surface area (Å²) in [6, 6.07) is 21.1. The number of thiophene rings is 1. The van der Waals surface area contributed by atoms with Gasteiger partial charge in [-0.3, -0.25) is 4.99 Å². The van der Waals surface area contributed by atoms with Crippen LogP contribution in [-0.4, -0.2) is 11.2 Å². The maximum atomic E-state index is 4.61. The molecule has 0 saturated heterocycles. The second-order valence-electron chi connectivity index (χ2n) is 5.79. The van der Waals surface area contributed by atoms with Crippen LogP contribution in [0.25, 0.3) is 22.0 Å². The number of nitrogens with zero attached hydrogens (tertiary/aromatic N) is 1. The van der Waals surface area contributed by atoms with Crippen LogP contribution in [0.15, 0.2) is 77.2 Å². The number of nitrogens with one attached hydrogen (secondary N) is 1. The first-order chi connectivity index (χ1) is 11.9. The molecule has 5 rings (SSSR count). The highest BCUT2D eigenvalue weighted by Gasteiger charge is 2.21. The van der Waals surface area contributed by atoms with E-state index >= 15 is 0 Å². The van der Waals surface area contributed by atoms with Crippen molar-refractivity contribution >= 4 is 45.3 Å². The van der Waals surface area contributed by atoms with Crippen molar-refractivity contribution in [3.8, 4) is 0 Å². The van der Waals surface area contributed by atoms with E-state index in [0.29, 0.717) is 0 Å². The van der Waals surface area contributed by atoms with E-state index in [1.165, 1.54) is 32.5 Å². The quantitative estimate of drug-likeness (QED) is 0.475. The monoisotopic (exact) mass is 326 g/mol. The Labute approximate surface area is 143 Å². The highest BCUT2D eigenvalue weighted by molar-refractivity contribution is 7.11. The molecule has 0 atom stereocenters. The summed E-state index contributed by atoms with van der Waals surface area (Å²) in [6.45, 7) is 0. The molecule has 3 heteroatoms. The van der Waals surface area contributed by atoms with Crippen LogP contribution in [0.4, 0.5) is 5.69 Å². The van der Waals surface area contributed by atoms with Gasteiger partial charge in [0.15, 0.2) is 0 Å². The van der Waals surface area contributed by atoms with Crippen molar-refractivity contribution in [1.82, 2.24) is 4.98 Å². The summed E-state index contributed by atoms with van der Waals surface area (Å²) in [4.78, 5) is 9.28. The van der Waals surface area contributed by atoms with Crippen LogP contribution in [0.5, 0.6) is 0 Å². The Morgan fingerprint density at radius 2 is 1.79 bits per heavy atom. The first-order valence-corrected chi connectivity index (χ1v) is 8.78. The largest absolute Gasteiger partial charge is 0.361 e. The van der Waals surface area contributed by atoms with Gasteiger partial charge >= 0.3 is 0 Å². The van der Waals surface area contributed by atoms with Crippen molar-refractivity contribution in [2.24, 2.45) is 4.99 Å². The summed E-state index contributed by atoms with van der Waals surface area (Å²) in [5.74, 6) is 0. The number of rotatable bonds is 2. The van der Waals surface area contributed by atoms with Crippen LogP contribution in [-0.2, 0) is 0 Å². The van der Waals surface area contributed by atoms with E-state index in [-0.39, 0.29) is 0 Å². The number of benzene rings is 2. The maximum Gasteiger partial charge on any atom is 0.0709 e. The molecule has 0 amide bonds. The summed E-state index contributed by atoms with van der Waals surface area (Å²) in [5, 5.41) is 3.37. The van der Waals surface area contributed by atoms with Crippen LogP contribution >= 0.6 is 11.3 Å². The minimum absolute atomic E-state index is 1.04. The molecule has 2 aromatic carbocycles. The van der Waals surface area contributed by atoms with E-state index in [0.717, 1.165) is 11.2 Å². The zero-order chi connectivity index (χ0) is 15.9. The molecular weight excluding hydrogens is 312 g/mol. The third-order valence-corrected chi connectivity index (χ3v) is 5.31. The summed E-state index contributed by atoms with van der Waals surface area (Å²) < 4.78 is 0. The lowest BCUT2D eigenvalue weighted by Gasteiger charge is -2.09. The molecule has 0 aliphatic carbocycles. The van der Waals surface area contributed by atoms with Crippen LogP contribution in [0, 0.1) is 0 Å². The average molecular weight is 326 g/mol. The number of aromatic nitrogens is 1. The van der Waals surface area contributed by atoms with Crippen molar-refractivity contribution in [3.63, 3.8) is 0 Å². The predicted molar refractivity (Wildman–Crippen MR) is 103 cm³/mol. The molecule has 2 nitrogen and oxygen atoms in total. The summed E-state index contributed by atoms with van der Waals surface area (Å²) >= 11 is 1.77. The number of aromatic amines is 1. The van der Waals surface area contributed by atoms with Crippen molar-refractivity contribution in [3.05, 3.63) is 88.2 Å². The Bertz CT molecular complexity index is 1100.